The van der Waals surface area contributed by atoms with Crippen molar-refractivity contribution in [2.75, 3.05) is 0 Å². The maximum Gasteiger partial charge on any atom is 1.00 e. The number of rotatable bonds is 0. The van der Waals surface area contributed by atoms with Gasteiger partial charge in [0.05, 0.1) is 0 Å². The first-order valence-corrected chi connectivity index (χ1v) is 2.10. The molecule has 0 aromatic rings. The van der Waals surface area contributed by atoms with Crippen LogP contribution < -0.4 is 226 Å². The van der Waals surface area contributed by atoms with Gasteiger partial charge in [-0.15, -0.1) is 0 Å². The Labute approximate surface area is 245 Å². The first kappa shape index (κ1) is 43.0. The molecular formula is H2I3K3O4S. The SMILES string of the molecule is O=S(=O)(O)O.[I-].[I-].[I-].[K+].[K+].[K+]. The Balaban J connectivity index is -0.00000000533. The molecule has 0 heterocycles. The minimum Gasteiger partial charge on any atom is -1.00 e. The summed E-state index contributed by atoms with van der Waals surface area (Å²) in [6, 6.07) is 0. The molecule has 0 spiro atoms. The van der Waals surface area contributed by atoms with E-state index in [4.69, 9.17) is 17.5 Å². The topological polar surface area (TPSA) is 74.6 Å². The summed E-state index contributed by atoms with van der Waals surface area (Å²) in [5, 5.41) is 0. The summed E-state index contributed by atoms with van der Waals surface area (Å²) in [4.78, 5) is 0. The third-order valence-electron chi connectivity index (χ3n) is 0. The number of hydrogen-bond donors (Lipinski definition) is 2. The Hall–Kier alpha value is 6.97. The Morgan fingerprint density at radius 1 is 0.727 bits per heavy atom. The van der Waals surface area contributed by atoms with E-state index in [-0.39, 0.29) is 226 Å². The Bertz CT molecular complexity index is 104. The number of halogens is 3. The van der Waals surface area contributed by atoms with Gasteiger partial charge in [-0.3, -0.25) is 9.11 Å². The van der Waals surface area contributed by atoms with E-state index < -0.39 is 10.4 Å². The van der Waals surface area contributed by atoms with Gasteiger partial charge in [0.1, 0.15) is 0 Å². The summed E-state index contributed by atoms with van der Waals surface area (Å²) in [6.07, 6.45) is 0. The van der Waals surface area contributed by atoms with E-state index in [9.17, 15) is 0 Å². The zero-order chi connectivity index (χ0) is 4.50. The molecule has 0 aliphatic rings. The second kappa shape index (κ2) is 25.7. The van der Waals surface area contributed by atoms with Crippen molar-refractivity contribution in [1.29, 1.82) is 0 Å². The molecule has 56 valence electrons. The van der Waals surface area contributed by atoms with Crippen LogP contribution in [-0.2, 0) is 10.4 Å². The van der Waals surface area contributed by atoms with Crippen LogP contribution in [0.4, 0.5) is 0 Å². The molecule has 0 aliphatic heterocycles. The summed E-state index contributed by atoms with van der Waals surface area (Å²) in [5.41, 5.74) is 0. The third kappa shape index (κ3) is 78.3. The molecule has 0 aromatic heterocycles. The van der Waals surface area contributed by atoms with E-state index in [1.807, 2.05) is 0 Å². The monoisotopic (exact) mass is 596 g/mol. The van der Waals surface area contributed by atoms with Gasteiger partial charge in [0.2, 0.25) is 0 Å². The zero-order valence-electron chi connectivity index (χ0n) is 6.25. The predicted molar refractivity (Wildman–Crippen MR) is 14.2 cm³/mol. The molecule has 0 aromatic carbocycles. The van der Waals surface area contributed by atoms with Crippen molar-refractivity contribution in [3.63, 3.8) is 0 Å². The molecule has 0 atom stereocenters. The van der Waals surface area contributed by atoms with Crippen LogP contribution in [-0.4, -0.2) is 17.5 Å². The van der Waals surface area contributed by atoms with Crippen molar-refractivity contribution in [3.05, 3.63) is 0 Å². The van der Waals surface area contributed by atoms with Crippen molar-refractivity contribution < 1.29 is 244 Å². The van der Waals surface area contributed by atoms with E-state index >= 15 is 0 Å². The van der Waals surface area contributed by atoms with Gasteiger partial charge in [-0.05, 0) is 0 Å². The fourth-order valence-corrected chi connectivity index (χ4v) is 0. The Morgan fingerprint density at radius 3 is 0.727 bits per heavy atom. The zero-order valence-corrected chi connectivity index (χ0v) is 22.9. The summed E-state index contributed by atoms with van der Waals surface area (Å²) in [7, 11) is -4.67. The summed E-state index contributed by atoms with van der Waals surface area (Å²) >= 11 is 0. The van der Waals surface area contributed by atoms with E-state index in [2.05, 4.69) is 0 Å². The second-order valence-electron chi connectivity index (χ2n) is 0.448. The third-order valence-corrected chi connectivity index (χ3v) is 0. The fourth-order valence-electron chi connectivity index (χ4n) is 0. The molecule has 0 saturated heterocycles. The van der Waals surface area contributed by atoms with Crippen LogP contribution in [0.15, 0.2) is 0 Å². The van der Waals surface area contributed by atoms with Crippen LogP contribution in [0.5, 0.6) is 0 Å². The minimum absolute atomic E-state index is 0. The molecule has 2 N–H and O–H groups in total. The molecule has 0 rings (SSSR count). The van der Waals surface area contributed by atoms with Gasteiger partial charge in [-0.2, -0.15) is 8.42 Å². The molecule has 4 nitrogen and oxygen atoms in total. The first-order chi connectivity index (χ1) is 2.00. The largest absolute Gasteiger partial charge is 1.00 e. The molecule has 11 heavy (non-hydrogen) atoms. The quantitative estimate of drug-likeness (QED) is 0.166. The summed E-state index contributed by atoms with van der Waals surface area (Å²) < 4.78 is 31.6. The molecule has 0 saturated carbocycles. The molecule has 11 heteroatoms. The van der Waals surface area contributed by atoms with E-state index in [1.54, 1.807) is 0 Å². The van der Waals surface area contributed by atoms with Gasteiger partial charge in [0.15, 0.2) is 0 Å². The van der Waals surface area contributed by atoms with Gasteiger partial charge in [0, 0.05) is 0 Å². The van der Waals surface area contributed by atoms with E-state index in [1.165, 1.54) is 0 Å². The molecule has 0 bridgehead atoms. The predicted octanol–water partition coefficient (Wildman–Crippen LogP) is -18.6. The molecular weight excluding hydrogens is 594 g/mol. The Morgan fingerprint density at radius 2 is 0.727 bits per heavy atom. The molecule has 0 unspecified atom stereocenters. The van der Waals surface area contributed by atoms with Crippen LogP contribution in [0, 0.1) is 0 Å². The van der Waals surface area contributed by atoms with Crippen molar-refractivity contribution in [2.24, 2.45) is 0 Å². The minimum atomic E-state index is -4.67. The maximum absolute atomic E-state index is 8.74. The maximum atomic E-state index is 8.74. The molecule has 0 radical (unpaired) electrons. The summed E-state index contributed by atoms with van der Waals surface area (Å²) in [5.74, 6) is 0. The number of hydrogen-bond acceptors (Lipinski definition) is 2. The first-order valence-electron chi connectivity index (χ1n) is 0.698. The van der Waals surface area contributed by atoms with E-state index in [0.29, 0.717) is 0 Å². The average molecular weight is 596 g/mol. The smallest absolute Gasteiger partial charge is 1.00 e. The molecule has 0 amide bonds. The van der Waals surface area contributed by atoms with Crippen LogP contribution in [0.2, 0.25) is 0 Å². The van der Waals surface area contributed by atoms with Gasteiger partial charge >= 0.3 is 165 Å². The van der Waals surface area contributed by atoms with Crippen molar-refractivity contribution in [3.8, 4) is 0 Å². The Kier molecular flexibility index (Phi) is 101. The van der Waals surface area contributed by atoms with Crippen molar-refractivity contribution in [2.45, 2.75) is 0 Å². The van der Waals surface area contributed by atoms with Gasteiger partial charge < -0.3 is 71.9 Å². The summed E-state index contributed by atoms with van der Waals surface area (Å²) in [6.45, 7) is 0. The molecule has 0 aliphatic carbocycles. The van der Waals surface area contributed by atoms with Crippen LogP contribution in [0.25, 0.3) is 0 Å². The van der Waals surface area contributed by atoms with E-state index in [0.717, 1.165) is 0 Å². The van der Waals surface area contributed by atoms with Gasteiger partial charge in [-0.1, -0.05) is 0 Å². The second-order valence-corrected chi connectivity index (χ2v) is 1.34. The normalized spacial score (nSPS) is 5.27. The van der Waals surface area contributed by atoms with Crippen LogP contribution >= 0.6 is 0 Å². The fraction of sp³-hybridized carbons (Fsp3) is 0. The standard InChI is InChI=1S/3HI.3K.H2O4S/c;;;;;;1-5(2,3)4/h3*1H;;;;(H2,1,2,3,4)/q;;;3*+1;/p-3. The van der Waals surface area contributed by atoms with Gasteiger partial charge in [-0.25, -0.2) is 0 Å². The van der Waals surface area contributed by atoms with Crippen molar-refractivity contribution in [1.82, 2.24) is 0 Å². The van der Waals surface area contributed by atoms with Crippen LogP contribution in [0.3, 0.4) is 0 Å². The average Bonchev–Trinajstić information content (AvgIpc) is 0.722. The van der Waals surface area contributed by atoms with Crippen LogP contribution in [0.1, 0.15) is 0 Å². The van der Waals surface area contributed by atoms with Gasteiger partial charge in [0.25, 0.3) is 0 Å². The molecule has 0 fully saturated rings. The van der Waals surface area contributed by atoms with Crippen molar-refractivity contribution >= 4 is 10.4 Å².